The summed E-state index contributed by atoms with van der Waals surface area (Å²) in [7, 11) is 0. The maximum Gasteiger partial charge on any atom is 0.491 e. The fourth-order valence-corrected chi connectivity index (χ4v) is 1.66. The molecule has 0 aromatic carbocycles. The smallest absolute Gasteiger partial charge is 0.462 e. The second-order valence-corrected chi connectivity index (χ2v) is 4.02. The molecule has 0 unspecified atom stereocenters. The van der Waals surface area contributed by atoms with Gasteiger partial charge in [0.2, 0.25) is 0 Å². The first-order valence-corrected chi connectivity index (χ1v) is 5.79. The molecule has 0 bridgehead atoms. The molecule has 0 fully saturated rings. The summed E-state index contributed by atoms with van der Waals surface area (Å²) in [6.45, 7) is 4.42. The Hall–Kier alpha value is -2.32. The zero-order valence-corrected chi connectivity index (χ0v) is 11.4. The highest BCUT2D eigenvalue weighted by Gasteiger charge is 2.43. The van der Waals surface area contributed by atoms with Gasteiger partial charge < -0.3 is 14.5 Å². The number of esters is 3. The standard InChI is InChI=1S/C12H12F3NO5/c1-4-20-9(17)7-5(2)8(16-6(7)3)10(18)21-11(19)12(13,14)15/h16H,4H2,1-3H3. The lowest BCUT2D eigenvalue weighted by Crippen LogP contribution is -2.28. The molecule has 0 amide bonds. The van der Waals surface area contributed by atoms with Crippen LogP contribution in [0.1, 0.15) is 39.0 Å². The molecule has 0 atom stereocenters. The van der Waals surface area contributed by atoms with Crippen LogP contribution in [0.15, 0.2) is 0 Å². The highest BCUT2D eigenvalue weighted by molar-refractivity contribution is 6.02. The molecule has 1 aromatic heterocycles. The Bertz CT molecular complexity index is 588. The van der Waals surface area contributed by atoms with Gasteiger partial charge in [-0.15, -0.1) is 0 Å². The SMILES string of the molecule is CCOC(=O)c1c(C)[nH]c(C(=O)OC(=O)C(F)(F)F)c1C. The summed E-state index contributed by atoms with van der Waals surface area (Å²) in [5, 5.41) is 0. The number of carbonyl (C=O) groups is 3. The molecule has 0 spiro atoms. The number of alkyl halides is 3. The van der Waals surface area contributed by atoms with Gasteiger partial charge in [-0.3, -0.25) is 0 Å². The lowest BCUT2D eigenvalue weighted by atomic mass is 10.1. The Labute approximate surface area is 117 Å². The lowest BCUT2D eigenvalue weighted by Gasteiger charge is -2.05. The molecule has 21 heavy (non-hydrogen) atoms. The zero-order chi connectivity index (χ0) is 16.4. The van der Waals surface area contributed by atoms with E-state index < -0.39 is 29.8 Å². The molecule has 116 valence electrons. The van der Waals surface area contributed by atoms with Crippen molar-refractivity contribution in [2.24, 2.45) is 0 Å². The van der Waals surface area contributed by atoms with Crippen LogP contribution >= 0.6 is 0 Å². The van der Waals surface area contributed by atoms with E-state index in [2.05, 4.69) is 9.72 Å². The van der Waals surface area contributed by atoms with Crippen LogP contribution in [-0.2, 0) is 14.3 Å². The van der Waals surface area contributed by atoms with Crippen molar-refractivity contribution in [2.75, 3.05) is 6.61 Å². The molecule has 9 heteroatoms. The van der Waals surface area contributed by atoms with Gasteiger partial charge in [-0.25, -0.2) is 14.4 Å². The third-order valence-corrected chi connectivity index (χ3v) is 2.54. The average Bonchev–Trinajstić information content (AvgIpc) is 2.63. The van der Waals surface area contributed by atoms with E-state index in [1.54, 1.807) is 6.92 Å². The summed E-state index contributed by atoms with van der Waals surface area (Å²) in [4.78, 5) is 36.2. The van der Waals surface area contributed by atoms with Crippen LogP contribution in [0, 0.1) is 13.8 Å². The summed E-state index contributed by atoms with van der Waals surface area (Å²) in [5.74, 6) is -4.88. The first-order valence-electron chi connectivity index (χ1n) is 5.79. The molecular formula is C12H12F3NO5. The maximum atomic E-state index is 12.0. The highest BCUT2D eigenvalue weighted by atomic mass is 19.4. The Kier molecular flexibility index (Phi) is 4.77. The van der Waals surface area contributed by atoms with Crippen LogP contribution in [0.4, 0.5) is 13.2 Å². The Morgan fingerprint density at radius 1 is 1.14 bits per heavy atom. The molecule has 0 aliphatic carbocycles. The van der Waals surface area contributed by atoms with Gasteiger partial charge >= 0.3 is 24.1 Å². The molecule has 1 rings (SSSR count). The molecule has 0 saturated heterocycles. The number of hydrogen-bond acceptors (Lipinski definition) is 5. The number of aromatic amines is 1. The predicted molar refractivity (Wildman–Crippen MR) is 62.7 cm³/mol. The summed E-state index contributed by atoms with van der Waals surface area (Å²) in [6, 6.07) is 0. The second-order valence-electron chi connectivity index (χ2n) is 4.02. The monoisotopic (exact) mass is 307 g/mol. The molecule has 1 heterocycles. The summed E-state index contributed by atoms with van der Waals surface area (Å²) < 4.78 is 44.5. The minimum Gasteiger partial charge on any atom is -0.462 e. The summed E-state index contributed by atoms with van der Waals surface area (Å²) in [6.07, 6.45) is -5.28. The van der Waals surface area contributed by atoms with Crippen LogP contribution in [0.3, 0.4) is 0 Å². The van der Waals surface area contributed by atoms with Crippen molar-refractivity contribution < 1.29 is 37.0 Å². The zero-order valence-electron chi connectivity index (χ0n) is 11.4. The highest BCUT2D eigenvalue weighted by Crippen LogP contribution is 2.22. The van der Waals surface area contributed by atoms with Crippen LogP contribution in [0.25, 0.3) is 0 Å². The topological polar surface area (TPSA) is 85.5 Å². The van der Waals surface area contributed by atoms with Crippen molar-refractivity contribution in [3.63, 3.8) is 0 Å². The van der Waals surface area contributed by atoms with Crippen LogP contribution < -0.4 is 0 Å². The molecular weight excluding hydrogens is 295 g/mol. The van der Waals surface area contributed by atoms with Crippen LogP contribution in [0.2, 0.25) is 0 Å². The first kappa shape index (κ1) is 16.7. The number of hydrogen-bond donors (Lipinski definition) is 1. The van der Waals surface area contributed by atoms with Gasteiger partial charge in [0.1, 0.15) is 5.69 Å². The quantitative estimate of drug-likeness (QED) is 0.682. The van der Waals surface area contributed by atoms with Crippen molar-refractivity contribution in [1.29, 1.82) is 0 Å². The van der Waals surface area contributed by atoms with E-state index in [1.807, 2.05) is 0 Å². The predicted octanol–water partition coefficient (Wildman–Crippen LogP) is 2.05. The van der Waals surface area contributed by atoms with Crippen molar-refractivity contribution >= 4 is 17.9 Å². The largest absolute Gasteiger partial charge is 0.491 e. The van der Waals surface area contributed by atoms with E-state index in [4.69, 9.17) is 4.74 Å². The van der Waals surface area contributed by atoms with Gasteiger partial charge in [-0.2, -0.15) is 13.2 Å². The van der Waals surface area contributed by atoms with E-state index in [0.717, 1.165) is 0 Å². The first-order chi connectivity index (χ1) is 9.59. The van der Waals surface area contributed by atoms with E-state index in [-0.39, 0.29) is 23.4 Å². The van der Waals surface area contributed by atoms with Gasteiger partial charge in [0.25, 0.3) is 0 Å². The van der Waals surface area contributed by atoms with Gasteiger partial charge in [-0.05, 0) is 26.3 Å². The number of rotatable bonds is 3. The molecule has 0 aliphatic heterocycles. The Morgan fingerprint density at radius 2 is 1.71 bits per heavy atom. The van der Waals surface area contributed by atoms with Crippen molar-refractivity contribution in [2.45, 2.75) is 26.9 Å². The third-order valence-electron chi connectivity index (χ3n) is 2.54. The van der Waals surface area contributed by atoms with E-state index in [1.165, 1.54) is 13.8 Å². The maximum absolute atomic E-state index is 12.0. The fourth-order valence-electron chi connectivity index (χ4n) is 1.66. The van der Waals surface area contributed by atoms with Gasteiger partial charge in [0, 0.05) is 5.69 Å². The van der Waals surface area contributed by atoms with Crippen LogP contribution in [-0.4, -0.2) is 35.7 Å². The second kappa shape index (κ2) is 5.98. The van der Waals surface area contributed by atoms with Crippen molar-refractivity contribution in [3.8, 4) is 0 Å². The number of aryl methyl sites for hydroxylation is 1. The number of carbonyl (C=O) groups excluding carboxylic acids is 3. The number of nitrogens with one attached hydrogen (secondary N) is 1. The van der Waals surface area contributed by atoms with Crippen LogP contribution in [0.5, 0.6) is 0 Å². The number of ether oxygens (including phenoxy) is 2. The molecule has 6 nitrogen and oxygen atoms in total. The summed E-state index contributed by atoms with van der Waals surface area (Å²) >= 11 is 0. The molecule has 0 radical (unpaired) electrons. The average molecular weight is 307 g/mol. The minimum atomic E-state index is -5.28. The minimum absolute atomic E-state index is 0.0169. The van der Waals surface area contributed by atoms with Gasteiger partial charge in [-0.1, -0.05) is 0 Å². The molecule has 1 N–H and O–H groups in total. The Morgan fingerprint density at radius 3 is 2.19 bits per heavy atom. The van der Waals surface area contributed by atoms with E-state index >= 15 is 0 Å². The number of aromatic nitrogens is 1. The Balaban J connectivity index is 3.05. The van der Waals surface area contributed by atoms with E-state index in [9.17, 15) is 27.6 Å². The number of halogens is 3. The molecule has 1 aromatic rings. The van der Waals surface area contributed by atoms with Gasteiger partial charge in [0.05, 0.1) is 12.2 Å². The molecule has 0 aliphatic rings. The summed E-state index contributed by atoms with van der Waals surface area (Å²) in [5.41, 5.74) is -0.125. The normalized spacial score (nSPS) is 11.1. The van der Waals surface area contributed by atoms with Gasteiger partial charge in [0.15, 0.2) is 0 Å². The van der Waals surface area contributed by atoms with E-state index in [0.29, 0.717) is 0 Å². The fraction of sp³-hybridized carbons (Fsp3) is 0.417. The number of H-pyrrole nitrogens is 1. The van der Waals surface area contributed by atoms with Crippen molar-refractivity contribution in [1.82, 2.24) is 4.98 Å². The molecule has 0 saturated carbocycles. The van der Waals surface area contributed by atoms with Crippen molar-refractivity contribution in [3.05, 3.63) is 22.5 Å². The lowest BCUT2D eigenvalue weighted by molar-refractivity contribution is -0.193. The third kappa shape index (κ3) is 3.61.